The number of hydrogen-bond acceptors (Lipinski definition) is 1. The van der Waals surface area contributed by atoms with Gasteiger partial charge in [0.2, 0.25) is 0 Å². The second kappa shape index (κ2) is 11.0. The molecule has 1 heteroatoms. The van der Waals surface area contributed by atoms with Gasteiger partial charge in [-0.25, -0.2) is 0 Å². The lowest BCUT2D eigenvalue weighted by molar-refractivity contribution is -0.114. The molecule has 0 aliphatic heterocycles. The van der Waals surface area contributed by atoms with Crippen LogP contribution in [0.2, 0.25) is 0 Å². The van der Waals surface area contributed by atoms with Gasteiger partial charge in [0.25, 0.3) is 0 Å². The molecule has 0 heterocycles. The molecule has 0 saturated heterocycles. The van der Waals surface area contributed by atoms with E-state index in [1.54, 1.807) is 6.08 Å². The normalized spacial score (nSPS) is 10.4. The number of carbonyl (C=O) groups is 1. The monoisotopic (exact) mass is 206 g/mol. The van der Waals surface area contributed by atoms with Crippen molar-refractivity contribution in [3.05, 3.63) is 37.5 Å². The molecule has 84 valence electrons. The van der Waals surface area contributed by atoms with Crippen LogP contribution in [0.4, 0.5) is 0 Å². The summed E-state index contributed by atoms with van der Waals surface area (Å²) in [6.07, 6.45) is 15.0. The Hall–Kier alpha value is -1.11. The highest BCUT2D eigenvalue weighted by molar-refractivity contribution is 5.88. The Morgan fingerprint density at radius 3 is 2.33 bits per heavy atom. The smallest absolute Gasteiger partial charge is 0.155 e. The summed E-state index contributed by atoms with van der Waals surface area (Å²) in [6.45, 7) is 7.07. The molecule has 0 atom stereocenters. The largest absolute Gasteiger partial charge is 0.295 e. The summed E-state index contributed by atoms with van der Waals surface area (Å²) in [7, 11) is 0. The lowest BCUT2D eigenvalue weighted by atomic mass is 10.1. The molecule has 0 aliphatic carbocycles. The lowest BCUT2D eigenvalue weighted by Crippen LogP contribution is -1.91. The topological polar surface area (TPSA) is 17.1 Å². The van der Waals surface area contributed by atoms with Crippen LogP contribution in [0.15, 0.2) is 37.5 Å². The van der Waals surface area contributed by atoms with E-state index >= 15 is 0 Å². The molecule has 0 amide bonds. The van der Waals surface area contributed by atoms with Crippen LogP contribution in [0.3, 0.4) is 0 Å². The predicted molar refractivity (Wildman–Crippen MR) is 66.9 cm³/mol. The third-order valence-electron chi connectivity index (χ3n) is 2.29. The number of carbonyl (C=O) groups excluding carboxylic acids is 1. The number of rotatable bonds is 10. The standard InChI is InChI=1S/C14H22O/c1-3-5-6-7-8-9-10-11-12-13-14(15)4-2/h3-6H,1-2,7-13H2/b6-5+. The average molecular weight is 206 g/mol. The van der Waals surface area contributed by atoms with Gasteiger partial charge < -0.3 is 0 Å². The van der Waals surface area contributed by atoms with Crippen LogP contribution in [0.5, 0.6) is 0 Å². The Morgan fingerprint density at radius 1 is 1.00 bits per heavy atom. The molecule has 0 bridgehead atoms. The second-order valence-corrected chi connectivity index (χ2v) is 3.64. The van der Waals surface area contributed by atoms with Crippen molar-refractivity contribution in [1.29, 1.82) is 0 Å². The lowest BCUT2D eigenvalue weighted by Gasteiger charge is -1.98. The van der Waals surface area contributed by atoms with E-state index in [-0.39, 0.29) is 5.78 Å². The van der Waals surface area contributed by atoms with Gasteiger partial charge >= 0.3 is 0 Å². The average Bonchev–Trinajstić information content (AvgIpc) is 2.26. The van der Waals surface area contributed by atoms with Crippen molar-refractivity contribution in [2.24, 2.45) is 0 Å². The van der Waals surface area contributed by atoms with E-state index in [0.717, 1.165) is 19.3 Å². The van der Waals surface area contributed by atoms with Gasteiger partial charge in [-0.1, -0.05) is 50.6 Å². The first-order chi connectivity index (χ1) is 7.31. The van der Waals surface area contributed by atoms with Crippen LogP contribution in [0.25, 0.3) is 0 Å². The molecule has 1 nitrogen and oxygen atoms in total. The molecule has 0 aliphatic rings. The molecule has 0 radical (unpaired) electrons. The van der Waals surface area contributed by atoms with Crippen LogP contribution in [0, 0.1) is 0 Å². The molecule has 0 aromatic carbocycles. The molecule has 0 rings (SSSR count). The SMILES string of the molecule is C=C/C=C/CCCCCCCC(=O)C=C. The molecule has 0 fully saturated rings. The highest BCUT2D eigenvalue weighted by atomic mass is 16.1. The minimum atomic E-state index is 0.170. The highest BCUT2D eigenvalue weighted by Crippen LogP contribution is 2.07. The predicted octanol–water partition coefficient (Wildman–Crippen LogP) is 4.21. The number of ketones is 1. The fourth-order valence-corrected chi connectivity index (χ4v) is 1.39. The first kappa shape index (κ1) is 13.9. The quantitative estimate of drug-likeness (QED) is 0.297. The van der Waals surface area contributed by atoms with E-state index in [1.807, 2.05) is 6.08 Å². The number of hydrogen-bond donors (Lipinski definition) is 0. The number of allylic oxidation sites excluding steroid dienone is 4. The van der Waals surface area contributed by atoms with Crippen molar-refractivity contribution in [3.63, 3.8) is 0 Å². The van der Waals surface area contributed by atoms with Crippen LogP contribution in [-0.4, -0.2) is 5.78 Å². The summed E-state index contributed by atoms with van der Waals surface area (Å²) in [5.74, 6) is 0.170. The Labute approximate surface area is 93.6 Å². The zero-order valence-electron chi connectivity index (χ0n) is 9.58. The van der Waals surface area contributed by atoms with Crippen molar-refractivity contribution in [2.75, 3.05) is 0 Å². The van der Waals surface area contributed by atoms with E-state index in [2.05, 4.69) is 19.2 Å². The summed E-state index contributed by atoms with van der Waals surface area (Å²) in [4.78, 5) is 10.9. The Bertz CT molecular complexity index is 213. The molecular weight excluding hydrogens is 184 g/mol. The highest BCUT2D eigenvalue weighted by Gasteiger charge is 1.95. The zero-order valence-corrected chi connectivity index (χ0v) is 9.58. The fraction of sp³-hybridized carbons (Fsp3) is 0.500. The van der Waals surface area contributed by atoms with E-state index in [0.29, 0.717) is 6.42 Å². The van der Waals surface area contributed by atoms with Gasteiger partial charge in [-0.05, 0) is 25.3 Å². The molecule has 0 aromatic rings. The van der Waals surface area contributed by atoms with E-state index in [1.165, 1.54) is 25.3 Å². The van der Waals surface area contributed by atoms with Crippen LogP contribution < -0.4 is 0 Å². The summed E-state index contributed by atoms with van der Waals surface area (Å²) < 4.78 is 0. The maximum Gasteiger partial charge on any atom is 0.155 e. The van der Waals surface area contributed by atoms with Crippen LogP contribution in [-0.2, 0) is 4.79 Å². The van der Waals surface area contributed by atoms with Crippen LogP contribution >= 0.6 is 0 Å². The van der Waals surface area contributed by atoms with Gasteiger partial charge in [0, 0.05) is 6.42 Å². The van der Waals surface area contributed by atoms with Gasteiger partial charge in [0.15, 0.2) is 5.78 Å². The summed E-state index contributed by atoms with van der Waals surface area (Å²) in [6, 6.07) is 0. The molecule has 0 saturated carbocycles. The Morgan fingerprint density at radius 2 is 1.67 bits per heavy atom. The summed E-state index contributed by atoms with van der Waals surface area (Å²) in [5, 5.41) is 0. The van der Waals surface area contributed by atoms with Crippen LogP contribution in [0.1, 0.15) is 44.9 Å². The van der Waals surface area contributed by atoms with Crippen molar-refractivity contribution in [1.82, 2.24) is 0 Å². The zero-order chi connectivity index (χ0) is 11.4. The first-order valence-electron chi connectivity index (χ1n) is 5.74. The summed E-state index contributed by atoms with van der Waals surface area (Å²) in [5.41, 5.74) is 0. The van der Waals surface area contributed by atoms with E-state index in [9.17, 15) is 4.79 Å². The Balaban J connectivity index is 3.11. The van der Waals surface area contributed by atoms with Crippen molar-refractivity contribution in [2.45, 2.75) is 44.9 Å². The van der Waals surface area contributed by atoms with Gasteiger partial charge in [-0.2, -0.15) is 0 Å². The van der Waals surface area contributed by atoms with E-state index < -0.39 is 0 Å². The van der Waals surface area contributed by atoms with Gasteiger partial charge in [-0.15, -0.1) is 0 Å². The van der Waals surface area contributed by atoms with E-state index in [4.69, 9.17) is 0 Å². The van der Waals surface area contributed by atoms with Gasteiger partial charge in [-0.3, -0.25) is 4.79 Å². The first-order valence-corrected chi connectivity index (χ1v) is 5.74. The number of unbranched alkanes of at least 4 members (excludes halogenated alkanes) is 5. The van der Waals surface area contributed by atoms with Gasteiger partial charge in [0.05, 0.1) is 0 Å². The minimum Gasteiger partial charge on any atom is -0.295 e. The maximum absolute atomic E-state index is 10.9. The molecule has 0 unspecified atom stereocenters. The van der Waals surface area contributed by atoms with Crippen molar-refractivity contribution >= 4 is 5.78 Å². The molecule has 0 aromatic heterocycles. The second-order valence-electron chi connectivity index (χ2n) is 3.64. The third kappa shape index (κ3) is 10.8. The minimum absolute atomic E-state index is 0.170. The molecule has 0 spiro atoms. The maximum atomic E-state index is 10.9. The fourth-order valence-electron chi connectivity index (χ4n) is 1.39. The molecule has 15 heavy (non-hydrogen) atoms. The Kier molecular flexibility index (Phi) is 10.2. The summed E-state index contributed by atoms with van der Waals surface area (Å²) >= 11 is 0. The van der Waals surface area contributed by atoms with Crippen molar-refractivity contribution < 1.29 is 4.79 Å². The van der Waals surface area contributed by atoms with Crippen molar-refractivity contribution in [3.8, 4) is 0 Å². The molecule has 0 N–H and O–H groups in total. The third-order valence-corrected chi connectivity index (χ3v) is 2.29. The molecular formula is C14H22O. The van der Waals surface area contributed by atoms with Gasteiger partial charge in [0.1, 0.15) is 0 Å².